The molecule has 276 valence electrons. The van der Waals surface area contributed by atoms with Gasteiger partial charge >= 0.3 is 24.1 Å². The van der Waals surface area contributed by atoms with Gasteiger partial charge in [0.05, 0.1) is 6.04 Å². The summed E-state index contributed by atoms with van der Waals surface area (Å²) in [7, 11) is 0. The van der Waals surface area contributed by atoms with Crippen LogP contribution >= 0.6 is 0 Å². The molecule has 12 nitrogen and oxygen atoms in total. The molecule has 3 fully saturated rings. The molecule has 2 amide bonds. The molecule has 6 atom stereocenters. The first kappa shape index (κ1) is 36.8. The largest absolute Gasteiger partial charge is 0.456 e. The highest BCUT2D eigenvalue weighted by Gasteiger charge is 2.65. The molecule has 2 aromatic carbocycles. The summed E-state index contributed by atoms with van der Waals surface area (Å²) in [6, 6.07) is 11.6. The molecule has 1 saturated carbocycles. The van der Waals surface area contributed by atoms with Crippen molar-refractivity contribution in [1.29, 1.82) is 0 Å². The number of amides is 2. The number of carbonyl (C=O) groups is 6. The molecule has 2 saturated heterocycles. The number of benzene rings is 2. The summed E-state index contributed by atoms with van der Waals surface area (Å²) < 4.78 is 21.8. The fourth-order valence-corrected chi connectivity index (χ4v) is 7.13. The Morgan fingerprint density at radius 2 is 1.12 bits per heavy atom. The minimum atomic E-state index is -0.840. The molecular formula is C40H46N2O10. The Bertz CT molecular complexity index is 1730. The van der Waals surface area contributed by atoms with Gasteiger partial charge in [-0.3, -0.25) is 19.4 Å². The highest BCUT2D eigenvalue weighted by Crippen LogP contribution is 2.59. The molecule has 2 aliphatic heterocycles. The van der Waals surface area contributed by atoms with Crippen LogP contribution in [0.4, 0.5) is 9.59 Å². The van der Waals surface area contributed by atoms with E-state index in [1.807, 2.05) is 19.1 Å². The van der Waals surface area contributed by atoms with E-state index < -0.39 is 66.4 Å². The van der Waals surface area contributed by atoms with Gasteiger partial charge in [-0.15, -0.1) is 0 Å². The first-order valence-corrected chi connectivity index (χ1v) is 17.6. The highest BCUT2D eigenvalue weighted by molar-refractivity contribution is 6.00. The average molecular weight is 715 g/mol. The monoisotopic (exact) mass is 714 g/mol. The lowest BCUT2D eigenvalue weighted by Crippen LogP contribution is -2.48. The van der Waals surface area contributed by atoms with E-state index >= 15 is 0 Å². The van der Waals surface area contributed by atoms with Crippen LogP contribution in [0.15, 0.2) is 60.7 Å². The van der Waals surface area contributed by atoms with Crippen LogP contribution in [0.1, 0.15) is 88.4 Å². The summed E-state index contributed by atoms with van der Waals surface area (Å²) in [6.07, 6.45) is 4.33. The van der Waals surface area contributed by atoms with Gasteiger partial charge in [-0.1, -0.05) is 67.6 Å². The second kappa shape index (κ2) is 13.5. The maximum Gasteiger partial charge on any atom is 0.411 e. The predicted molar refractivity (Wildman–Crippen MR) is 188 cm³/mol. The number of rotatable bonds is 9. The van der Waals surface area contributed by atoms with E-state index in [-0.39, 0.29) is 29.2 Å². The number of ether oxygens (including phenoxy) is 4. The molecule has 4 aliphatic rings. The quantitative estimate of drug-likeness (QED) is 0.128. The Morgan fingerprint density at radius 3 is 1.56 bits per heavy atom. The van der Waals surface area contributed by atoms with E-state index in [9.17, 15) is 28.8 Å². The fraction of sp³-hybridized carbons (Fsp3) is 0.500. The molecule has 0 aromatic heterocycles. The smallest absolute Gasteiger partial charge is 0.411 e. The van der Waals surface area contributed by atoms with Gasteiger partial charge in [-0.05, 0) is 77.3 Å². The topological polar surface area (TPSA) is 146 Å². The third-order valence-corrected chi connectivity index (χ3v) is 9.97. The van der Waals surface area contributed by atoms with Crippen molar-refractivity contribution in [2.24, 2.45) is 11.3 Å². The van der Waals surface area contributed by atoms with E-state index in [1.165, 1.54) is 9.80 Å². The zero-order chi connectivity index (χ0) is 37.7. The zero-order valence-electron chi connectivity index (χ0n) is 30.7. The number of hydrogen-bond acceptors (Lipinski definition) is 10. The van der Waals surface area contributed by atoms with E-state index in [1.54, 1.807) is 90.1 Å². The molecule has 2 aromatic rings. The van der Waals surface area contributed by atoms with Crippen molar-refractivity contribution < 1.29 is 47.7 Å². The first-order chi connectivity index (χ1) is 24.3. The fourth-order valence-electron chi connectivity index (χ4n) is 7.13. The molecular weight excluding hydrogens is 668 g/mol. The second-order valence-electron chi connectivity index (χ2n) is 16.4. The lowest BCUT2D eigenvalue weighted by molar-refractivity contribution is -0.148. The van der Waals surface area contributed by atoms with Gasteiger partial charge in [0, 0.05) is 23.1 Å². The lowest BCUT2D eigenvalue weighted by Gasteiger charge is -2.33. The van der Waals surface area contributed by atoms with Crippen molar-refractivity contribution in [3.05, 3.63) is 71.8 Å². The summed E-state index contributed by atoms with van der Waals surface area (Å²) in [5.41, 5.74) is 0.694. The average Bonchev–Trinajstić information content (AvgIpc) is 3.50. The molecule has 6 rings (SSSR count). The number of piperidine rings is 1. The number of esters is 2. The van der Waals surface area contributed by atoms with Gasteiger partial charge in [0.15, 0.2) is 24.8 Å². The zero-order valence-corrected chi connectivity index (χ0v) is 30.7. The number of hydrogen-bond donors (Lipinski definition) is 0. The number of fused-ring (bicyclic) bond motifs is 2. The Morgan fingerprint density at radius 1 is 0.654 bits per heavy atom. The summed E-state index contributed by atoms with van der Waals surface area (Å²) in [6.45, 7) is 11.7. The normalized spacial score (nSPS) is 25.7. The van der Waals surface area contributed by atoms with Crippen molar-refractivity contribution in [1.82, 2.24) is 9.80 Å². The molecule has 0 radical (unpaired) electrons. The summed E-state index contributed by atoms with van der Waals surface area (Å²) in [4.78, 5) is 80.5. The summed E-state index contributed by atoms with van der Waals surface area (Å²) >= 11 is 0. The number of Topliss-reactive ketones (excluding diaryl/α,β-unsaturated/α-hetero) is 2. The van der Waals surface area contributed by atoms with Gasteiger partial charge in [0.2, 0.25) is 0 Å². The van der Waals surface area contributed by atoms with Crippen LogP contribution in [0.3, 0.4) is 0 Å². The van der Waals surface area contributed by atoms with Gasteiger partial charge in [-0.25, -0.2) is 19.2 Å². The van der Waals surface area contributed by atoms with Gasteiger partial charge < -0.3 is 18.9 Å². The predicted octanol–water partition coefficient (Wildman–Crippen LogP) is 6.16. The van der Waals surface area contributed by atoms with Gasteiger partial charge in [0.25, 0.3) is 0 Å². The third kappa shape index (κ3) is 7.75. The van der Waals surface area contributed by atoms with Crippen LogP contribution in [0.2, 0.25) is 0 Å². The SMILES string of the molecule is CC(C)(C)OC(=O)N1[C@@H]2C=C[C@@H]2C[C@H]1C(=O)OCC(=O)c1ccc(-c2ccc(C(=O)COC(=O)[C@@H]3CC4(C)C[C@H]4N3C(=O)OC(C)(C)C)cc2)cc1. The van der Waals surface area contributed by atoms with Crippen LogP contribution < -0.4 is 0 Å². The third-order valence-electron chi connectivity index (χ3n) is 9.97. The van der Waals surface area contributed by atoms with E-state index in [0.29, 0.717) is 24.0 Å². The molecule has 52 heavy (non-hydrogen) atoms. The number of likely N-dealkylation sites (tertiary alicyclic amines) is 2. The number of carbonyl (C=O) groups excluding carboxylic acids is 6. The standard InChI is InChI=1S/C40H46N2O10/c1-38(2,3)51-36(47)41-28-17-16-27(28)18-29(41)34(45)49-21-31(43)25-12-8-23(9-13-25)24-10-14-26(15-11-24)32(44)22-50-35(46)30-19-40(7)20-33(40)42(30)37(48)52-39(4,5)6/h8-17,27-30,33H,18-22H2,1-7H3/t27-,28-,29+,30+,33-,40?/m1/s1. The first-order valence-electron chi connectivity index (χ1n) is 17.6. The van der Waals surface area contributed by atoms with Crippen molar-refractivity contribution >= 4 is 35.7 Å². The van der Waals surface area contributed by atoms with Crippen LogP contribution in [-0.4, -0.2) is 94.1 Å². The highest BCUT2D eigenvalue weighted by atomic mass is 16.6. The van der Waals surface area contributed by atoms with E-state index in [0.717, 1.165) is 17.5 Å². The Hall–Kier alpha value is -5.00. The molecule has 12 heteroatoms. The van der Waals surface area contributed by atoms with Crippen LogP contribution in [0, 0.1) is 11.3 Å². The second-order valence-corrected chi connectivity index (χ2v) is 16.4. The molecule has 2 aliphatic carbocycles. The summed E-state index contributed by atoms with van der Waals surface area (Å²) in [5.74, 6) is -2.00. The molecule has 0 N–H and O–H groups in total. The van der Waals surface area contributed by atoms with Crippen molar-refractivity contribution in [2.75, 3.05) is 13.2 Å². The molecule has 1 unspecified atom stereocenters. The van der Waals surface area contributed by atoms with Gasteiger partial charge in [-0.2, -0.15) is 0 Å². The van der Waals surface area contributed by atoms with E-state index in [2.05, 4.69) is 0 Å². The van der Waals surface area contributed by atoms with Crippen molar-refractivity contribution in [3.63, 3.8) is 0 Å². The van der Waals surface area contributed by atoms with Crippen LogP contribution in [0.25, 0.3) is 11.1 Å². The number of nitrogens with zero attached hydrogens (tertiary/aromatic N) is 2. The van der Waals surface area contributed by atoms with Crippen molar-refractivity contribution in [2.45, 2.75) is 103 Å². The molecule has 2 heterocycles. The maximum absolute atomic E-state index is 13.0. The Kier molecular flexibility index (Phi) is 9.56. The van der Waals surface area contributed by atoms with Crippen molar-refractivity contribution in [3.8, 4) is 11.1 Å². The Balaban J connectivity index is 0.993. The van der Waals surface area contributed by atoms with E-state index in [4.69, 9.17) is 18.9 Å². The van der Waals surface area contributed by atoms with Crippen LogP contribution in [-0.2, 0) is 28.5 Å². The minimum Gasteiger partial charge on any atom is -0.456 e. The minimum absolute atomic E-state index is 0.0487. The summed E-state index contributed by atoms with van der Waals surface area (Å²) in [5, 5.41) is 0. The number of ketones is 2. The Labute approximate surface area is 303 Å². The maximum atomic E-state index is 13.0. The lowest BCUT2D eigenvalue weighted by atomic mass is 9.89. The molecule has 0 spiro atoms. The van der Waals surface area contributed by atoms with Gasteiger partial charge in [0.1, 0.15) is 23.3 Å². The van der Waals surface area contributed by atoms with Crippen LogP contribution in [0.5, 0.6) is 0 Å². The molecule has 0 bridgehead atoms.